The van der Waals surface area contributed by atoms with E-state index in [2.05, 4.69) is 4.98 Å². The number of anilines is 2. The highest BCUT2D eigenvalue weighted by Gasteiger charge is 2.25. The fourth-order valence-electron chi connectivity index (χ4n) is 2.73. The molecule has 1 aliphatic heterocycles. The average molecular weight is 347 g/mol. The van der Waals surface area contributed by atoms with Crippen LogP contribution in [0.3, 0.4) is 0 Å². The van der Waals surface area contributed by atoms with Crippen molar-refractivity contribution in [2.45, 2.75) is 26.2 Å². The first kappa shape index (κ1) is 16.6. The minimum atomic E-state index is -0.332. The Kier molecular flexibility index (Phi) is 4.89. The largest absolute Gasteiger partial charge is 0.312 e. The molecule has 2 amide bonds. The van der Waals surface area contributed by atoms with Gasteiger partial charge in [-0.1, -0.05) is 0 Å². The topological polar surface area (TPSA) is 53.5 Å². The van der Waals surface area contributed by atoms with E-state index in [1.54, 1.807) is 21.9 Å². The summed E-state index contributed by atoms with van der Waals surface area (Å²) >= 11 is 1.38. The van der Waals surface area contributed by atoms with Gasteiger partial charge in [0.1, 0.15) is 5.82 Å². The van der Waals surface area contributed by atoms with E-state index in [1.807, 2.05) is 12.3 Å². The summed E-state index contributed by atoms with van der Waals surface area (Å²) in [6, 6.07) is 5.86. The molecule has 1 aromatic heterocycles. The molecule has 1 aromatic carbocycles. The van der Waals surface area contributed by atoms with Gasteiger partial charge in [0.15, 0.2) is 5.13 Å². The van der Waals surface area contributed by atoms with Crippen LogP contribution in [-0.2, 0) is 16.0 Å². The lowest BCUT2D eigenvalue weighted by Gasteiger charge is -2.20. The SMILES string of the molecule is CCN(C(=O)Cc1csc(N2CCCC2=O)n1)c1ccc(F)cc1. The quantitative estimate of drug-likeness (QED) is 0.835. The minimum absolute atomic E-state index is 0.0868. The van der Waals surface area contributed by atoms with Crippen LogP contribution in [0.2, 0.25) is 0 Å². The molecule has 0 radical (unpaired) electrons. The van der Waals surface area contributed by atoms with Crippen molar-refractivity contribution >= 4 is 34.0 Å². The Morgan fingerprint density at radius 3 is 2.75 bits per heavy atom. The molecule has 1 fully saturated rings. The molecule has 2 heterocycles. The molecule has 0 unspecified atom stereocenters. The Labute approximate surface area is 143 Å². The molecule has 1 aliphatic rings. The lowest BCUT2D eigenvalue weighted by Crippen LogP contribution is -2.32. The second-order valence-corrected chi connectivity index (χ2v) is 6.40. The van der Waals surface area contributed by atoms with Gasteiger partial charge in [0, 0.05) is 30.6 Å². The zero-order valence-electron chi connectivity index (χ0n) is 13.4. The van der Waals surface area contributed by atoms with Crippen molar-refractivity contribution in [2.24, 2.45) is 0 Å². The highest BCUT2D eigenvalue weighted by molar-refractivity contribution is 7.14. The number of benzene rings is 1. The van der Waals surface area contributed by atoms with Crippen LogP contribution in [0, 0.1) is 5.82 Å². The first-order valence-corrected chi connectivity index (χ1v) is 8.77. The molecular formula is C17H18FN3O2S. The molecule has 126 valence electrons. The van der Waals surface area contributed by atoms with E-state index in [-0.39, 0.29) is 24.1 Å². The molecule has 0 saturated carbocycles. The molecule has 0 aliphatic carbocycles. The lowest BCUT2D eigenvalue weighted by atomic mass is 10.2. The van der Waals surface area contributed by atoms with E-state index in [4.69, 9.17) is 0 Å². The van der Waals surface area contributed by atoms with E-state index >= 15 is 0 Å². The number of aromatic nitrogens is 1. The molecule has 0 N–H and O–H groups in total. The first-order chi connectivity index (χ1) is 11.6. The predicted molar refractivity (Wildman–Crippen MR) is 91.8 cm³/mol. The molecule has 24 heavy (non-hydrogen) atoms. The Balaban J connectivity index is 1.70. The molecule has 0 atom stereocenters. The fourth-order valence-corrected chi connectivity index (χ4v) is 3.59. The van der Waals surface area contributed by atoms with Gasteiger partial charge in [-0.2, -0.15) is 0 Å². The number of halogens is 1. The molecule has 1 saturated heterocycles. The summed E-state index contributed by atoms with van der Waals surface area (Å²) in [5.41, 5.74) is 1.31. The maximum Gasteiger partial charge on any atom is 0.233 e. The van der Waals surface area contributed by atoms with Gasteiger partial charge in [0.25, 0.3) is 0 Å². The zero-order valence-corrected chi connectivity index (χ0v) is 14.2. The maximum atomic E-state index is 13.0. The average Bonchev–Trinajstić information content (AvgIpc) is 3.18. The van der Waals surface area contributed by atoms with Gasteiger partial charge in [0.05, 0.1) is 12.1 Å². The molecule has 2 aromatic rings. The van der Waals surface area contributed by atoms with Crippen LogP contribution >= 0.6 is 11.3 Å². The van der Waals surface area contributed by atoms with Crippen molar-refractivity contribution in [1.29, 1.82) is 0 Å². The Bertz CT molecular complexity index is 745. The summed E-state index contributed by atoms with van der Waals surface area (Å²) in [7, 11) is 0. The number of likely N-dealkylation sites (N-methyl/N-ethyl adjacent to an activating group) is 1. The van der Waals surface area contributed by atoms with Gasteiger partial charge < -0.3 is 4.90 Å². The van der Waals surface area contributed by atoms with E-state index < -0.39 is 0 Å². The van der Waals surface area contributed by atoms with Gasteiger partial charge in [0.2, 0.25) is 11.8 Å². The monoisotopic (exact) mass is 347 g/mol. The first-order valence-electron chi connectivity index (χ1n) is 7.89. The van der Waals surface area contributed by atoms with Crippen LogP contribution in [0.15, 0.2) is 29.6 Å². The van der Waals surface area contributed by atoms with Crippen molar-refractivity contribution in [3.8, 4) is 0 Å². The molecule has 3 rings (SSSR count). The van der Waals surface area contributed by atoms with Crippen LogP contribution in [0.4, 0.5) is 15.2 Å². The zero-order chi connectivity index (χ0) is 17.1. The van der Waals surface area contributed by atoms with Gasteiger partial charge >= 0.3 is 0 Å². The number of carbonyl (C=O) groups is 2. The standard InChI is InChI=1S/C17H18FN3O2S/c1-2-20(14-7-5-12(18)6-8-14)16(23)10-13-11-24-17(19-13)21-9-3-4-15(21)22/h5-8,11H,2-4,9-10H2,1H3. The number of amides is 2. The highest BCUT2D eigenvalue weighted by Crippen LogP contribution is 2.26. The second-order valence-electron chi connectivity index (χ2n) is 5.56. The van der Waals surface area contributed by atoms with Crippen molar-refractivity contribution in [1.82, 2.24) is 4.98 Å². The summed E-state index contributed by atoms with van der Waals surface area (Å²) in [6.45, 7) is 3.05. The van der Waals surface area contributed by atoms with Crippen molar-refractivity contribution in [3.63, 3.8) is 0 Å². The van der Waals surface area contributed by atoms with Crippen LogP contribution < -0.4 is 9.80 Å². The number of hydrogen-bond acceptors (Lipinski definition) is 4. The van der Waals surface area contributed by atoms with E-state index in [0.29, 0.717) is 36.0 Å². The summed E-state index contributed by atoms with van der Waals surface area (Å²) in [6.07, 6.45) is 1.56. The summed E-state index contributed by atoms with van der Waals surface area (Å²) in [5.74, 6) is -0.348. The summed E-state index contributed by atoms with van der Waals surface area (Å²) in [4.78, 5) is 32.0. The fraction of sp³-hybridized carbons (Fsp3) is 0.353. The maximum absolute atomic E-state index is 13.0. The second kappa shape index (κ2) is 7.09. The van der Waals surface area contributed by atoms with Gasteiger partial charge in [-0.05, 0) is 37.6 Å². The molecule has 0 spiro atoms. The number of rotatable bonds is 5. The summed E-state index contributed by atoms with van der Waals surface area (Å²) in [5, 5.41) is 2.47. The van der Waals surface area contributed by atoms with Crippen LogP contribution in [0.25, 0.3) is 0 Å². The van der Waals surface area contributed by atoms with E-state index in [9.17, 15) is 14.0 Å². The number of thiazole rings is 1. The third-order valence-electron chi connectivity index (χ3n) is 3.93. The number of nitrogens with zero attached hydrogens (tertiary/aromatic N) is 3. The normalized spacial score (nSPS) is 14.2. The van der Waals surface area contributed by atoms with E-state index in [0.717, 1.165) is 6.42 Å². The molecule has 0 bridgehead atoms. The number of carbonyl (C=O) groups excluding carboxylic acids is 2. The van der Waals surface area contributed by atoms with Crippen LogP contribution in [0.5, 0.6) is 0 Å². The third kappa shape index (κ3) is 3.46. The summed E-state index contributed by atoms with van der Waals surface area (Å²) < 4.78 is 13.0. The lowest BCUT2D eigenvalue weighted by molar-refractivity contribution is -0.118. The van der Waals surface area contributed by atoms with Gasteiger partial charge in [-0.25, -0.2) is 9.37 Å². The van der Waals surface area contributed by atoms with Crippen molar-refractivity contribution in [3.05, 3.63) is 41.2 Å². The molecule has 7 heteroatoms. The predicted octanol–water partition coefficient (Wildman–Crippen LogP) is 3.00. The Morgan fingerprint density at radius 1 is 1.38 bits per heavy atom. The molecule has 5 nitrogen and oxygen atoms in total. The van der Waals surface area contributed by atoms with E-state index in [1.165, 1.54) is 23.5 Å². The van der Waals surface area contributed by atoms with Gasteiger partial charge in [-0.3, -0.25) is 14.5 Å². The number of hydrogen-bond donors (Lipinski definition) is 0. The minimum Gasteiger partial charge on any atom is -0.312 e. The Hall–Kier alpha value is -2.28. The third-order valence-corrected chi connectivity index (χ3v) is 4.84. The van der Waals surface area contributed by atoms with Crippen LogP contribution in [0.1, 0.15) is 25.5 Å². The Morgan fingerprint density at radius 2 is 2.12 bits per heavy atom. The smallest absolute Gasteiger partial charge is 0.233 e. The highest BCUT2D eigenvalue weighted by atomic mass is 32.1. The van der Waals surface area contributed by atoms with Gasteiger partial charge in [-0.15, -0.1) is 11.3 Å². The van der Waals surface area contributed by atoms with Crippen molar-refractivity contribution < 1.29 is 14.0 Å². The molecular weight excluding hydrogens is 329 g/mol. The van der Waals surface area contributed by atoms with Crippen molar-refractivity contribution in [2.75, 3.05) is 22.9 Å². The van der Waals surface area contributed by atoms with Crippen LogP contribution in [-0.4, -0.2) is 29.9 Å².